The number of carbonyl (C=O) groups is 7. The van der Waals surface area contributed by atoms with Gasteiger partial charge in [0.05, 0.1) is 29.5 Å². The minimum atomic E-state index is -2.97. The van der Waals surface area contributed by atoms with Crippen molar-refractivity contribution < 1.29 is 76.3 Å². The molecule has 1 amide bonds. The normalized spacial score (nSPS) is 28.7. The van der Waals surface area contributed by atoms with Gasteiger partial charge in [-0.3, -0.25) is 19.2 Å². The van der Waals surface area contributed by atoms with E-state index in [2.05, 4.69) is 11.9 Å². The molecule has 3 aromatic rings. The van der Waals surface area contributed by atoms with Crippen LogP contribution in [0.15, 0.2) is 115 Å². The zero-order valence-corrected chi connectivity index (χ0v) is 45.5. The van der Waals surface area contributed by atoms with Crippen molar-refractivity contribution in [2.75, 3.05) is 13.2 Å². The number of esters is 4. The number of aliphatic hydroxyl groups is 1. The van der Waals surface area contributed by atoms with Crippen LogP contribution in [-0.4, -0.2) is 116 Å². The number of hydrogen-bond acceptors (Lipinski definition) is 16. The number of nitrogens with one attached hydrogen (secondary N) is 1. The molecule has 11 atom stereocenters. The smallest absolute Gasteiger partial charge is 0.456 e. The quantitative estimate of drug-likeness (QED) is 0.0634. The second-order valence-electron chi connectivity index (χ2n) is 22.1. The maximum Gasteiger partial charge on any atom is 0.508 e. The van der Waals surface area contributed by atoms with Crippen molar-refractivity contribution in [2.24, 2.45) is 16.7 Å². The first-order chi connectivity index (χ1) is 35.1. The van der Waals surface area contributed by atoms with Crippen molar-refractivity contribution >= 4 is 50.0 Å². The summed E-state index contributed by atoms with van der Waals surface area (Å²) in [7, 11) is -2.97. The number of carbonyl (C=O) groups excluding carboxylic acids is 7. The number of rotatable bonds is 15. The Kier molecular flexibility index (Phi) is 16.0. The van der Waals surface area contributed by atoms with E-state index in [4.69, 9.17) is 37.6 Å². The largest absolute Gasteiger partial charge is 0.508 e. The Hall–Kier alpha value is -6.47. The molecule has 18 heteroatoms. The highest BCUT2D eigenvalue weighted by atomic mass is 28.4. The van der Waals surface area contributed by atoms with Crippen LogP contribution in [0.1, 0.15) is 107 Å². The van der Waals surface area contributed by atoms with E-state index < -0.39 is 132 Å². The van der Waals surface area contributed by atoms with Gasteiger partial charge < -0.3 is 48.0 Å². The summed E-state index contributed by atoms with van der Waals surface area (Å²) in [4.78, 5) is 101. The topological polar surface area (TPSA) is 226 Å². The van der Waals surface area contributed by atoms with Crippen molar-refractivity contribution in [3.8, 4) is 0 Å². The molecule has 2 saturated carbocycles. The van der Waals surface area contributed by atoms with E-state index in [1.54, 1.807) is 99.6 Å². The van der Waals surface area contributed by atoms with E-state index >= 15 is 9.59 Å². The Balaban J connectivity index is 1.47. The lowest BCUT2D eigenvalue weighted by Crippen LogP contribution is -2.82. The Morgan fingerprint density at radius 1 is 0.853 bits per heavy atom. The summed E-state index contributed by atoms with van der Waals surface area (Å²) in [6.45, 7) is 21.2. The number of hydrogen-bond donors (Lipinski definition) is 2. The van der Waals surface area contributed by atoms with Crippen LogP contribution in [0.4, 0.5) is 4.79 Å². The molecule has 1 heterocycles. The van der Waals surface area contributed by atoms with Crippen molar-refractivity contribution in [1.82, 2.24) is 5.32 Å². The number of benzene rings is 3. The van der Waals surface area contributed by atoms with Gasteiger partial charge in [-0.05, 0) is 73.0 Å². The SMILES string of the molecule is C=CCOC(=O)O[C@H]1C[C@H]2OC[C@@]2(OC(C)=O)C2[C@H](OC(=O)c3ccccc3)[C@]3(O)C[C@H](OC(=O)[C@H](O[Si](C)(C)C(C)(C)C)[C@@H](NC(=O)c4ccccc4)c4ccccc4)C(C)=C([C@@H](OC(C)=O)C(=O)[C@@]21C)C3(C)C. The maximum absolute atomic E-state index is 16.3. The van der Waals surface area contributed by atoms with Gasteiger partial charge >= 0.3 is 30.0 Å². The summed E-state index contributed by atoms with van der Waals surface area (Å²) in [5.41, 5.74) is -7.16. The van der Waals surface area contributed by atoms with E-state index in [1.807, 2.05) is 33.9 Å². The van der Waals surface area contributed by atoms with Gasteiger partial charge in [-0.2, -0.15) is 0 Å². The number of ketones is 1. The zero-order chi connectivity index (χ0) is 55.1. The van der Waals surface area contributed by atoms with E-state index in [0.717, 1.165) is 13.8 Å². The minimum Gasteiger partial charge on any atom is -0.456 e. The van der Waals surface area contributed by atoms with Gasteiger partial charge in [0, 0.05) is 37.7 Å². The van der Waals surface area contributed by atoms with Crippen molar-refractivity contribution in [2.45, 2.75) is 147 Å². The summed E-state index contributed by atoms with van der Waals surface area (Å²) < 4.78 is 49.9. The number of amides is 1. The number of Topliss-reactive ketones (excluding diaryl/α,β-unsaturated/α-hetero) is 1. The Bertz CT molecular complexity index is 2720. The summed E-state index contributed by atoms with van der Waals surface area (Å²) in [5.74, 6) is -6.69. The molecule has 1 unspecified atom stereocenters. The molecule has 402 valence electrons. The molecule has 1 aliphatic heterocycles. The number of fused-ring (bicyclic) bond motifs is 5. The average molecular weight is 1050 g/mol. The third kappa shape index (κ3) is 10.5. The van der Waals surface area contributed by atoms with Crippen molar-refractivity contribution in [1.29, 1.82) is 0 Å². The van der Waals surface area contributed by atoms with Crippen LogP contribution in [0, 0.1) is 16.7 Å². The molecule has 3 aromatic carbocycles. The van der Waals surface area contributed by atoms with E-state index in [9.17, 15) is 29.1 Å². The van der Waals surface area contributed by atoms with Gasteiger partial charge in [-0.25, -0.2) is 14.4 Å². The van der Waals surface area contributed by atoms with E-state index in [1.165, 1.54) is 25.1 Å². The van der Waals surface area contributed by atoms with Gasteiger partial charge in [-0.15, -0.1) is 0 Å². The first kappa shape index (κ1) is 56.3. The fourth-order valence-electron chi connectivity index (χ4n) is 11.2. The molecule has 3 aliphatic carbocycles. The van der Waals surface area contributed by atoms with Crippen LogP contribution >= 0.6 is 0 Å². The lowest BCUT2D eigenvalue weighted by molar-refractivity contribution is -0.346. The van der Waals surface area contributed by atoms with E-state index in [0.29, 0.717) is 11.1 Å². The van der Waals surface area contributed by atoms with Crippen LogP contribution in [-0.2, 0) is 56.8 Å². The molecule has 2 bridgehead atoms. The summed E-state index contributed by atoms with van der Waals surface area (Å²) >= 11 is 0. The highest BCUT2D eigenvalue weighted by Gasteiger charge is 2.79. The van der Waals surface area contributed by atoms with Gasteiger partial charge in [0.25, 0.3) is 5.91 Å². The monoisotopic (exact) mass is 1050 g/mol. The fourth-order valence-corrected chi connectivity index (χ4v) is 12.4. The highest BCUT2D eigenvalue weighted by molar-refractivity contribution is 6.74. The molecule has 4 aliphatic rings. The third-order valence-corrected chi connectivity index (χ3v) is 20.7. The van der Waals surface area contributed by atoms with Gasteiger partial charge in [0.1, 0.15) is 36.6 Å². The van der Waals surface area contributed by atoms with Crippen LogP contribution in [0.3, 0.4) is 0 Å². The first-order valence-electron chi connectivity index (χ1n) is 25.1. The molecular formula is C57H69NO16Si. The Morgan fingerprint density at radius 2 is 1.44 bits per heavy atom. The summed E-state index contributed by atoms with van der Waals surface area (Å²) in [5, 5.41) is 16.8. The van der Waals surface area contributed by atoms with Crippen LogP contribution < -0.4 is 5.32 Å². The van der Waals surface area contributed by atoms with Gasteiger partial charge in [0.2, 0.25) is 0 Å². The average Bonchev–Trinajstić information content (AvgIpc) is 3.35. The lowest BCUT2D eigenvalue weighted by Gasteiger charge is -2.67. The molecule has 3 fully saturated rings. The summed E-state index contributed by atoms with van der Waals surface area (Å²) in [6.07, 6.45) is -10.2. The second kappa shape index (κ2) is 21.3. The van der Waals surface area contributed by atoms with Crippen molar-refractivity contribution in [3.63, 3.8) is 0 Å². The molecule has 1 saturated heterocycles. The van der Waals surface area contributed by atoms with Crippen LogP contribution in [0.2, 0.25) is 18.1 Å². The molecule has 0 spiro atoms. The Labute approximate surface area is 438 Å². The Morgan fingerprint density at radius 3 is 1.97 bits per heavy atom. The number of ether oxygens (including phenoxy) is 7. The molecule has 17 nitrogen and oxygen atoms in total. The predicted molar refractivity (Wildman–Crippen MR) is 274 cm³/mol. The molecule has 0 radical (unpaired) electrons. The molecule has 2 N–H and O–H groups in total. The predicted octanol–water partition coefficient (Wildman–Crippen LogP) is 8.11. The lowest BCUT2D eigenvalue weighted by atomic mass is 9.44. The minimum absolute atomic E-state index is 0.00459. The second-order valence-corrected chi connectivity index (χ2v) is 26.9. The molecule has 0 aromatic heterocycles. The maximum atomic E-state index is 16.3. The van der Waals surface area contributed by atoms with Gasteiger partial charge in [0.15, 0.2) is 31.9 Å². The standard InChI is InChI=1S/C57H69NO16Si/c1-13-29-67-52(65)71-40-30-41-56(32-68-41,73-35(4)60)46-48(72-50(63)38-27-21-16-22-28-38)57(66)31-39(33(2)42(54(57,8)9)44(69-34(3)59)47(61)55(40,46)10)70-51(64)45(74-75(11,12)53(5,6)7)43(36-23-17-14-18-24-36)58-49(62)37-25-19-15-20-26-37/h13-28,39-41,43-46,48,66H,1,29-32H2,2-12H3,(H,58,62)/t39-,40-,41+,43-,44+,45+,46?,48-,55+,56-,57+/m0/s1. The third-order valence-electron chi connectivity index (χ3n) is 16.2. The van der Waals surface area contributed by atoms with Crippen LogP contribution in [0.5, 0.6) is 0 Å². The molecular weight excluding hydrogens is 983 g/mol. The van der Waals surface area contributed by atoms with Crippen LogP contribution in [0.25, 0.3) is 0 Å². The fraction of sp³-hybridized carbons (Fsp3) is 0.491. The zero-order valence-electron chi connectivity index (χ0n) is 44.5. The summed E-state index contributed by atoms with van der Waals surface area (Å²) in [6, 6.07) is 24.0. The molecule has 7 rings (SSSR count). The van der Waals surface area contributed by atoms with Crippen molar-refractivity contribution in [3.05, 3.63) is 131 Å². The highest BCUT2D eigenvalue weighted by Crippen LogP contribution is 2.65. The van der Waals surface area contributed by atoms with Gasteiger partial charge in [-0.1, -0.05) is 114 Å². The molecule has 75 heavy (non-hydrogen) atoms. The van der Waals surface area contributed by atoms with E-state index in [-0.39, 0.29) is 36.3 Å². The first-order valence-corrected chi connectivity index (χ1v) is 28.0.